The number of nitrogens with two attached hydrogens (primary N) is 1. The normalized spacial score (nSPS) is 22.1. The quantitative estimate of drug-likeness (QED) is 0.859. The van der Waals surface area contributed by atoms with Crippen molar-refractivity contribution in [2.24, 2.45) is 5.73 Å². The van der Waals surface area contributed by atoms with Crippen LogP contribution in [0.25, 0.3) is 11.4 Å². The Morgan fingerprint density at radius 3 is 2.89 bits per heavy atom. The van der Waals surface area contributed by atoms with Gasteiger partial charge >= 0.3 is 0 Å². The van der Waals surface area contributed by atoms with Crippen LogP contribution in [0, 0.1) is 5.82 Å². The minimum Gasteiger partial charge on any atom is -0.338 e. The molecule has 0 radical (unpaired) electrons. The van der Waals surface area contributed by atoms with Gasteiger partial charge in [0.05, 0.1) is 10.9 Å². The smallest absolute Gasteiger partial charge is 0.233 e. The number of hydrogen-bond acceptors (Lipinski definition) is 4. The van der Waals surface area contributed by atoms with Crippen LogP contribution in [-0.2, 0) is 0 Å². The van der Waals surface area contributed by atoms with Crippen LogP contribution in [-0.4, -0.2) is 16.2 Å². The zero-order valence-electron chi connectivity index (χ0n) is 9.88. The number of allylic oxidation sites excluding steroid dienone is 1. The lowest BCUT2D eigenvalue weighted by atomic mass is 10.1. The zero-order valence-corrected chi connectivity index (χ0v) is 10.6. The van der Waals surface area contributed by atoms with E-state index in [1.165, 1.54) is 12.1 Å². The maximum absolute atomic E-state index is 13.1. The van der Waals surface area contributed by atoms with Crippen molar-refractivity contribution in [1.29, 1.82) is 0 Å². The lowest BCUT2D eigenvalue weighted by molar-refractivity contribution is 0.365. The third-order valence-corrected chi connectivity index (χ3v) is 3.34. The number of hydrogen-bond donors (Lipinski definition) is 1. The Morgan fingerprint density at radius 1 is 1.37 bits per heavy atom. The highest BCUT2D eigenvalue weighted by Crippen LogP contribution is 2.29. The van der Waals surface area contributed by atoms with Crippen LogP contribution >= 0.6 is 11.6 Å². The molecule has 19 heavy (non-hydrogen) atoms. The molecule has 1 aromatic heterocycles. The molecule has 0 bridgehead atoms. The third kappa shape index (κ3) is 2.39. The molecular formula is C13H11ClFN3O. The molecule has 2 N–H and O–H groups in total. The summed E-state index contributed by atoms with van der Waals surface area (Å²) in [7, 11) is 0. The third-order valence-electron chi connectivity index (χ3n) is 3.05. The van der Waals surface area contributed by atoms with E-state index >= 15 is 0 Å². The van der Waals surface area contributed by atoms with Crippen molar-refractivity contribution in [2.45, 2.75) is 18.4 Å². The zero-order chi connectivity index (χ0) is 13.4. The van der Waals surface area contributed by atoms with Crippen LogP contribution in [0.4, 0.5) is 4.39 Å². The van der Waals surface area contributed by atoms with Crippen LogP contribution in [0.2, 0.25) is 5.02 Å². The van der Waals surface area contributed by atoms with E-state index in [0.717, 1.165) is 6.42 Å². The molecule has 1 aliphatic rings. The fourth-order valence-electron chi connectivity index (χ4n) is 2.05. The van der Waals surface area contributed by atoms with Crippen molar-refractivity contribution in [2.75, 3.05) is 0 Å². The van der Waals surface area contributed by atoms with Gasteiger partial charge in [0.2, 0.25) is 11.7 Å². The molecular weight excluding hydrogens is 269 g/mol. The lowest BCUT2D eigenvalue weighted by Crippen LogP contribution is -2.14. The van der Waals surface area contributed by atoms with Gasteiger partial charge in [-0.15, -0.1) is 0 Å². The second-order valence-electron chi connectivity index (χ2n) is 4.48. The monoisotopic (exact) mass is 279 g/mol. The molecule has 2 atom stereocenters. The average Bonchev–Trinajstić information content (AvgIpc) is 3.01. The van der Waals surface area contributed by atoms with E-state index in [9.17, 15) is 4.39 Å². The van der Waals surface area contributed by atoms with E-state index in [2.05, 4.69) is 10.1 Å². The van der Waals surface area contributed by atoms with Gasteiger partial charge in [0.1, 0.15) is 5.82 Å². The summed E-state index contributed by atoms with van der Waals surface area (Å²) in [6.45, 7) is 0. The molecule has 3 rings (SSSR count). The van der Waals surface area contributed by atoms with Crippen molar-refractivity contribution in [3.63, 3.8) is 0 Å². The SMILES string of the molecule is NC1C=CC(c2nc(-c3ccc(F)c(Cl)c3)no2)C1. The van der Waals surface area contributed by atoms with Gasteiger partial charge in [-0.05, 0) is 24.6 Å². The molecule has 0 spiro atoms. The summed E-state index contributed by atoms with van der Waals surface area (Å²) in [5.41, 5.74) is 6.40. The molecule has 6 heteroatoms. The number of aromatic nitrogens is 2. The second kappa shape index (κ2) is 4.75. The topological polar surface area (TPSA) is 64.9 Å². The first kappa shape index (κ1) is 12.3. The maximum Gasteiger partial charge on any atom is 0.233 e. The second-order valence-corrected chi connectivity index (χ2v) is 4.88. The van der Waals surface area contributed by atoms with Crippen molar-refractivity contribution < 1.29 is 8.91 Å². The molecule has 0 fully saturated rings. The van der Waals surface area contributed by atoms with Crippen LogP contribution in [0.5, 0.6) is 0 Å². The summed E-state index contributed by atoms with van der Waals surface area (Å²) in [6, 6.07) is 4.34. The van der Waals surface area contributed by atoms with Gasteiger partial charge in [0.25, 0.3) is 0 Å². The van der Waals surface area contributed by atoms with Gasteiger partial charge in [0.15, 0.2) is 0 Å². The van der Waals surface area contributed by atoms with Crippen molar-refractivity contribution in [1.82, 2.24) is 10.1 Å². The van der Waals surface area contributed by atoms with Gasteiger partial charge in [-0.2, -0.15) is 4.98 Å². The number of nitrogens with zero attached hydrogens (tertiary/aromatic N) is 2. The highest BCUT2D eigenvalue weighted by Gasteiger charge is 2.23. The largest absolute Gasteiger partial charge is 0.338 e. The Labute approximate surface area is 114 Å². The van der Waals surface area contributed by atoms with Gasteiger partial charge in [0, 0.05) is 11.6 Å². The van der Waals surface area contributed by atoms with Gasteiger partial charge in [-0.3, -0.25) is 0 Å². The highest BCUT2D eigenvalue weighted by atomic mass is 35.5. The first-order chi connectivity index (χ1) is 9.13. The van der Waals surface area contributed by atoms with E-state index in [4.69, 9.17) is 21.9 Å². The first-order valence-corrected chi connectivity index (χ1v) is 6.24. The molecule has 1 aliphatic carbocycles. The Balaban J connectivity index is 1.88. The van der Waals surface area contributed by atoms with Crippen LogP contribution in [0.3, 0.4) is 0 Å². The molecule has 0 saturated heterocycles. The molecule has 0 saturated carbocycles. The molecule has 1 heterocycles. The van der Waals surface area contributed by atoms with E-state index in [-0.39, 0.29) is 17.0 Å². The molecule has 1 aromatic carbocycles. The standard InChI is InChI=1S/C13H11ClFN3O/c14-10-6-7(2-4-11(10)15)12-17-13(19-18-12)8-1-3-9(16)5-8/h1-4,6,8-9H,5,16H2. The first-order valence-electron chi connectivity index (χ1n) is 5.86. The Morgan fingerprint density at radius 2 is 2.21 bits per heavy atom. The van der Waals surface area contributed by atoms with E-state index in [1.54, 1.807) is 6.07 Å². The van der Waals surface area contributed by atoms with Crippen molar-refractivity contribution in [3.8, 4) is 11.4 Å². The molecule has 0 aliphatic heterocycles. The van der Waals surface area contributed by atoms with Crippen LogP contribution < -0.4 is 5.73 Å². The Kier molecular flexibility index (Phi) is 3.08. The summed E-state index contributed by atoms with van der Waals surface area (Å²) in [5, 5.41) is 3.92. The van der Waals surface area contributed by atoms with Gasteiger partial charge in [-0.1, -0.05) is 28.9 Å². The summed E-state index contributed by atoms with van der Waals surface area (Å²) in [6.07, 6.45) is 4.63. The van der Waals surface area contributed by atoms with E-state index in [0.29, 0.717) is 17.3 Å². The fourth-order valence-corrected chi connectivity index (χ4v) is 2.23. The molecule has 0 amide bonds. The minimum atomic E-state index is -0.473. The van der Waals surface area contributed by atoms with Gasteiger partial charge < -0.3 is 10.3 Å². The summed E-state index contributed by atoms with van der Waals surface area (Å²) < 4.78 is 18.3. The summed E-state index contributed by atoms with van der Waals surface area (Å²) in [5.74, 6) is 0.483. The predicted octanol–water partition coefficient (Wildman–Crippen LogP) is 2.90. The molecule has 2 unspecified atom stereocenters. The van der Waals surface area contributed by atoms with Crippen molar-refractivity contribution in [3.05, 3.63) is 47.1 Å². The van der Waals surface area contributed by atoms with E-state index < -0.39 is 5.82 Å². The van der Waals surface area contributed by atoms with Crippen LogP contribution in [0.15, 0.2) is 34.9 Å². The fraction of sp³-hybridized carbons (Fsp3) is 0.231. The average molecular weight is 280 g/mol. The molecule has 98 valence electrons. The van der Waals surface area contributed by atoms with Gasteiger partial charge in [-0.25, -0.2) is 4.39 Å². The van der Waals surface area contributed by atoms with Crippen molar-refractivity contribution >= 4 is 11.6 Å². The van der Waals surface area contributed by atoms with Crippen LogP contribution in [0.1, 0.15) is 18.2 Å². The highest BCUT2D eigenvalue weighted by molar-refractivity contribution is 6.31. The Bertz CT molecular complexity index is 641. The Hall–Kier alpha value is -1.72. The predicted molar refractivity (Wildman–Crippen MR) is 69.2 cm³/mol. The number of halogens is 2. The molecule has 2 aromatic rings. The minimum absolute atomic E-state index is 0.0283. The van der Waals surface area contributed by atoms with E-state index in [1.807, 2.05) is 12.2 Å². The number of rotatable bonds is 2. The summed E-state index contributed by atoms with van der Waals surface area (Å²) in [4.78, 5) is 4.30. The number of benzene rings is 1. The maximum atomic E-state index is 13.1. The summed E-state index contributed by atoms with van der Waals surface area (Å²) >= 11 is 5.73. The molecule has 4 nitrogen and oxygen atoms in total. The lowest BCUT2D eigenvalue weighted by Gasteiger charge is -2.02.